The molecule has 116 valence electrons. The monoisotopic (exact) mass is 319 g/mol. The molecule has 0 saturated heterocycles. The fourth-order valence-electron chi connectivity index (χ4n) is 1.97. The Kier molecular flexibility index (Phi) is 5.55. The lowest BCUT2D eigenvalue weighted by Gasteiger charge is -2.13. The lowest BCUT2D eigenvalue weighted by atomic mass is 10.0. The molecule has 0 radical (unpaired) electrons. The Hall–Kier alpha value is -1.88. The van der Waals surface area contributed by atoms with Gasteiger partial charge in [-0.15, -0.1) is 0 Å². The second-order valence-electron chi connectivity index (χ2n) is 5.11. The SMILES string of the molecule is Cc1ccc(C(=O)c2ccc(Cl)c(NCC(O)CO)c2)cc1. The fraction of sp³-hybridized carbons (Fsp3) is 0.235. The number of hydrogen-bond acceptors (Lipinski definition) is 4. The van der Waals surface area contributed by atoms with Crippen LogP contribution in [0.15, 0.2) is 42.5 Å². The van der Waals surface area contributed by atoms with Crippen molar-refractivity contribution < 1.29 is 15.0 Å². The van der Waals surface area contributed by atoms with Gasteiger partial charge in [0.05, 0.1) is 23.4 Å². The number of aliphatic hydroxyl groups excluding tert-OH is 2. The van der Waals surface area contributed by atoms with Gasteiger partial charge in [0.15, 0.2) is 5.78 Å². The van der Waals surface area contributed by atoms with E-state index in [1.807, 2.05) is 19.1 Å². The summed E-state index contributed by atoms with van der Waals surface area (Å²) >= 11 is 6.08. The highest BCUT2D eigenvalue weighted by molar-refractivity contribution is 6.33. The zero-order valence-electron chi connectivity index (χ0n) is 12.2. The van der Waals surface area contributed by atoms with Crippen LogP contribution in [-0.4, -0.2) is 35.3 Å². The third-order valence-corrected chi connectivity index (χ3v) is 3.61. The molecule has 0 bridgehead atoms. The van der Waals surface area contributed by atoms with E-state index in [4.69, 9.17) is 16.7 Å². The number of aryl methyl sites for hydroxylation is 1. The number of anilines is 1. The molecule has 22 heavy (non-hydrogen) atoms. The Labute approximate surface area is 134 Å². The van der Waals surface area contributed by atoms with Crippen molar-refractivity contribution in [2.45, 2.75) is 13.0 Å². The maximum Gasteiger partial charge on any atom is 0.193 e. The summed E-state index contributed by atoms with van der Waals surface area (Å²) in [7, 11) is 0. The van der Waals surface area contributed by atoms with Gasteiger partial charge in [-0.05, 0) is 25.1 Å². The Bertz CT molecular complexity index is 655. The van der Waals surface area contributed by atoms with E-state index in [2.05, 4.69) is 5.32 Å². The molecule has 3 N–H and O–H groups in total. The van der Waals surface area contributed by atoms with E-state index in [-0.39, 0.29) is 18.9 Å². The van der Waals surface area contributed by atoms with Gasteiger partial charge in [0.2, 0.25) is 0 Å². The molecule has 0 aliphatic carbocycles. The molecular weight excluding hydrogens is 302 g/mol. The minimum atomic E-state index is -0.882. The van der Waals surface area contributed by atoms with Gasteiger partial charge in [0.25, 0.3) is 0 Å². The molecule has 0 heterocycles. The van der Waals surface area contributed by atoms with Crippen LogP contribution in [-0.2, 0) is 0 Å². The molecule has 1 atom stereocenters. The second-order valence-corrected chi connectivity index (χ2v) is 5.51. The van der Waals surface area contributed by atoms with Crippen molar-refractivity contribution in [2.75, 3.05) is 18.5 Å². The first-order valence-electron chi connectivity index (χ1n) is 6.95. The molecule has 0 aliphatic rings. The molecular formula is C17H18ClNO3. The van der Waals surface area contributed by atoms with E-state index in [1.165, 1.54) is 0 Å². The van der Waals surface area contributed by atoms with Crippen molar-refractivity contribution in [3.63, 3.8) is 0 Å². The van der Waals surface area contributed by atoms with Gasteiger partial charge >= 0.3 is 0 Å². The van der Waals surface area contributed by atoms with Gasteiger partial charge < -0.3 is 15.5 Å². The Morgan fingerprint density at radius 2 is 1.82 bits per heavy atom. The number of rotatable bonds is 6. The van der Waals surface area contributed by atoms with Crippen molar-refractivity contribution in [1.29, 1.82) is 0 Å². The number of aliphatic hydroxyl groups is 2. The first-order chi connectivity index (χ1) is 10.5. The molecule has 2 rings (SSSR count). The number of carbonyl (C=O) groups excluding carboxylic acids is 1. The average Bonchev–Trinajstić information content (AvgIpc) is 2.53. The lowest BCUT2D eigenvalue weighted by molar-refractivity contribution is 0.103. The highest BCUT2D eigenvalue weighted by Crippen LogP contribution is 2.24. The molecule has 0 spiro atoms. The first-order valence-corrected chi connectivity index (χ1v) is 7.32. The largest absolute Gasteiger partial charge is 0.394 e. The summed E-state index contributed by atoms with van der Waals surface area (Å²) in [6, 6.07) is 12.3. The van der Waals surface area contributed by atoms with Crippen molar-refractivity contribution >= 4 is 23.1 Å². The molecule has 2 aromatic rings. The van der Waals surface area contributed by atoms with Crippen LogP contribution < -0.4 is 5.32 Å². The van der Waals surface area contributed by atoms with E-state index >= 15 is 0 Å². The zero-order chi connectivity index (χ0) is 16.1. The summed E-state index contributed by atoms with van der Waals surface area (Å²) in [6.45, 7) is 1.77. The minimum Gasteiger partial charge on any atom is -0.394 e. The topological polar surface area (TPSA) is 69.6 Å². The lowest BCUT2D eigenvalue weighted by Crippen LogP contribution is -2.23. The number of hydrogen-bond donors (Lipinski definition) is 3. The fourth-order valence-corrected chi connectivity index (χ4v) is 2.15. The number of nitrogens with one attached hydrogen (secondary N) is 1. The normalized spacial score (nSPS) is 12.0. The second kappa shape index (κ2) is 7.40. The van der Waals surface area contributed by atoms with Gasteiger partial charge in [-0.1, -0.05) is 41.4 Å². The Morgan fingerprint density at radius 3 is 2.45 bits per heavy atom. The average molecular weight is 320 g/mol. The maximum absolute atomic E-state index is 12.5. The molecule has 0 aliphatic heterocycles. The van der Waals surface area contributed by atoms with Crippen molar-refractivity contribution in [3.8, 4) is 0 Å². The van der Waals surface area contributed by atoms with E-state index in [9.17, 15) is 9.90 Å². The molecule has 0 saturated carbocycles. The van der Waals surface area contributed by atoms with Gasteiger partial charge in [-0.3, -0.25) is 4.79 Å². The van der Waals surface area contributed by atoms with Gasteiger partial charge in [-0.2, -0.15) is 0 Å². The summed E-state index contributed by atoms with van der Waals surface area (Å²) in [5.41, 5.74) is 2.75. The van der Waals surface area contributed by atoms with Gasteiger partial charge in [-0.25, -0.2) is 0 Å². The Morgan fingerprint density at radius 1 is 1.18 bits per heavy atom. The van der Waals surface area contributed by atoms with Crippen LogP contribution in [0.3, 0.4) is 0 Å². The van der Waals surface area contributed by atoms with Crippen LogP contribution in [0, 0.1) is 6.92 Å². The maximum atomic E-state index is 12.5. The minimum absolute atomic E-state index is 0.0950. The number of halogens is 1. The van der Waals surface area contributed by atoms with E-state index in [0.29, 0.717) is 21.8 Å². The Balaban J connectivity index is 2.21. The number of benzene rings is 2. The van der Waals surface area contributed by atoms with E-state index in [0.717, 1.165) is 5.56 Å². The van der Waals surface area contributed by atoms with Crippen LogP contribution in [0.1, 0.15) is 21.5 Å². The molecule has 5 heteroatoms. The number of carbonyl (C=O) groups is 1. The molecule has 1 unspecified atom stereocenters. The van der Waals surface area contributed by atoms with E-state index in [1.54, 1.807) is 30.3 Å². The summed E-state index contributed by atoms with van der Waals surface area (Å²) < 4.78 is 0. The predicted octanol–water partition coefficient (Wildman–Crippen LogP) is 2.64. The first kappa shape index (κ1) is 16.5. The standard InChI is InChI=1S/C17H18ClNO3/c1-11-2-4-12(5-3-11)17(22)13-6-7-15(18)16(8-13)19-9-14(21)10-20/h2-8,14,19-21H,9-10H2,1H3. The van der Waals surface area contributed by atoms with Crippen molar-refractivity contribution in [3.05, 3.63) is 64.2 Å². The van der Waals surface area contributed by atoms with Crippen molar-refractivity contribution in [2.24, 2.45) is 0 Å². The summed E-state index contributed by atoms with van der Waals surface area (Å²) in [4.78, 5) is 12.5. The van der Waals surface area contributed by atoms with Crippen LogP contribution in [0.2, 0.25) is 5.02 Å². The smallest absolute Gasteiger partial charge is 0.193 e. The van der Waals surface area contributed by atoms with Crippen LogP contribution in [0.4, 0.5) is 5.69 Å². The van der Waals surface area contributed by atoms with Gasteiger partial charge in [0.1, 0.15) is 0 Å². The highest BCUT2D eigenvalue weighted by atomic mass is 35.5. The van der Waals surface area contributed by atoms with Crippen LogP contribution in [0.25, 0.3) is 0 Å². The third kappa shape index (κ3) is 4.07. The molecule has 0 fully saturated rings. The van der Waals surface area contributed by atoms with Crippen LogP contribution >= 0.6 is 11.6 Å². The molecule has 0 aromatic heterocycles. The van der Waals surface area contributed by atoms with Crippen LogP contribution in [0.5, 0.6) is 0 Å². The highest BCUT2D eigenvalue weighted by Gasteiger charge is 2.12. The third-order valence-electron chi connectivity index (χ3n) is 3.28. The summed E-state index contributed by atoms with van der Waals surface area (Å²) in [6.07, 6.45) is -0.882. The quantitative estimate of drug-likeness (QED) is 0.716. The summed E-state index contributed by atoms with van der Waals surface area (Å²) in [5, 5.41) is 21.6. The zero-order valence-corrected chi connectivity index (χ0v) is 13.0. The molecule has 4 nitrogen and oxygen atoms in total. The predicted molar refractivity (Wildman–Crippen MR) is 87.6 cm³/mol. The summed E-state index contributed by atoms with van der Waals surface area (Å²) in [5.74, 6) is -0.0950. The van der Waals surface area contributed by atoms with E-state index < -0.39 is 6.10 Å². The molecule has 2 aromatic carbocycles. The molecule has 0 amide bonds. The number of ketones is 1. The van der Waals surface area contributed by atoms with Gasteiger partial charge in [0, 0.05) is 17.7 Å². The van der Waals surface area contributed by atoms with Crippen molar-refractivity contribution in [1.82, 2.24) is 0 Å².